The van der Waals surface area contributed by atoms with Crippen molar-refractivity contribution < 1.29 is 18.0 Å². The van der Waals surface area contributed by atoms with Crippen LogP contribution in [0.25, 0.3) is 6.08 Å². The first-order valence-corrected chi connectivity index (χ1v) is 10.5. The van der Waals surface area contributed by atoms with Gasteiger partial charge in [-0.05, 0) is 48.1 Å². The van der Waals surface area contributed by atoms with Crippen LogP contribution in [-0.4, -0.2) is 23.9 Å². The van der Waals surface area contributed by atoms with Crippen LogP contribution < -0.4 is 0 Å². The molecule has 29 heavy (non-hydrogen) atoms. The smallest absolute Gasteiger partial charge is 0.343 e. The highest BCUT2D eigenvalue weighted by atomic mass is 79.9. The van der Waals surface area contributed by atoms with Crippen molar-refractivity contribution in [1.29, 1.82) is 0 Å². The molecule has 1 spiro atoms. The Morgan fingerprint density at radius 3 is 2.52 bits per heavy atom. The number of hydrogen-bond acceptors (Lipinski definition) is 1. The van der Waals surface area contributed by atoms with Gasteiger partial charge in [0.1, 0.15) is 0 Å². The molecule has 2 nitrogen and oxygen atoms in total. The fourth-order valence-corrected chi connectivity index (χ4v) is 5.30. The molecule has 2 aromatic carbocycles. The van der Waals surface area contributed by atoms with Crippen LogP contribution in [0.15, 0.2) is 53.0 Å². The molecule has 1 aliphatic carbocycles. The number of piperidine rings is 1. The minimum atomic E-state index is -4.40. The van der Waals surface area contributed by atoms with E-state index in [1.807, 2.05) is 12.1 Å². The normalized spacial score (nSPS) is 17.6. The largest absolute Gasteiger partial charge is 0.416 e. The molecule has 0 bridgehead atoms. The highest BCUT2D eigenvalue weighted by Crippen LogP contribution is 2.46. The minimum absolute atomic E-state index is 0.0604. The van der Waals surface area contributed by atoms with Crippen LogP contribution in [0.3, 0.4) is 0 Å². The first-order valence-electron chi connectivity index (χ1n) is 9.71. The van der Waals surface area contributed by atoms with E-state index in [0.717, 1.165) is 23.4 Å². The van der Waals surface area contributed by atoms with Gasteiger partial charge in [-0.3, -0.25) is 4.79 Å². The van der Waals surface area contributed by atoms with Crippen LogP contribution in [0.2, 0.25) is 0 Å². The molecular formula is C23H21BrF3NO. The number of benzene rings is 2. The third kappa shape index (κ3) is 3.87. The number of alkyl halides is 3. The summed E-state index contributed by atoms with van der Waals surface area (Å²) in [7, 11) is 0. The third-order valence-corrected chi connectivity index (χ3v) is 6.73. The Bertz CT molecular complexity index is 959. The van der Waals surface area contributed by atoms with Crippen LogP contribution in [0.1, 0.15) is 41.5 Å². The summed E-state index contributed by atoms with van der Waals surface area (Å²) < 4.78 is 40.5. The predicted molar refractivity (Wildman–Crippen MR) is 110 cm³/mol. The molecule has 6 heteroatoms. The maximum Gasteiger partial charge on any atom is 0.416 e. The van der Waals surface area contributed by atoms with Crippen molar-refractivity contribution in [3.63, 3.8) is 0 Å². The van der Waals surface area contributed by atoms with Gasteiger partial charge >= 0.3 is 6.18 Å². The van der Waals surface area contributed by atoms with E-state index >= 15 is 0 Å². The summed E-state index contributed by atoms with van der Waals surface area (Å²) in [6.45, 7) is 1.23. The number of hydrogen-bond donors (Lipinski definition) is 0. The Morgan fingerprint density at radius 1 is 1.07 bits per heavy atom. The zero-order valence-electron chi connectivity index (χ0n) is 15.8. The van der Waals surface area contributed by atoms with Gasteiger partial charge < -0.3 is 4.90 Å². The first kappa shape index (κ1) is 20.2. The number of likely N-dealkylation sites (tertiary alicyclic amines) is 1. The van der Waals surface area contributed by atoms with Crippen LogP contribution in [-0.2, 0) is 22.8 Å². The Morgan fingerprint density at radius 2 is 1.79 bits per heavy atom. The summed E-state index contributed by atoms with van der Waals surface area (Å²) in [6, 6.07) is 11.7. The van der Waals surface area contributed by atoms with Gasteiger partial charge in [0, 0.05) is 29.4 Å². The maximum absolute atomic E-state index is 13.1. The van der Waals surface area contributed by atoms with E-state index in [1.165, 1.54) is 23.3 Å². The quantitative estimate of drug-likeness (QED) is 0.547. The molecule has 4 rings (SSSR count). The van der Waals surface area contributed by atoms with Crippen LogP contribution in [0.5, 0.6) is 0 Å². The average Bonchev–Trinajstić information content (AvgIpc) is 3.06. The second-order valence-electron chi connectivity index (χ2n) is 7.73. The van der Waals surface area contributed by atoms with Crippen molar-refractivity contribution in [3.8, 4) is 0 Å². The highest BCUT2D eigenvalue weighted by Gasteiger charge is 2.40. The first-order chi connectivity index (χ1) is 13.8. The fourth-order valence-electron chi connectivity index (χ4n) is 4.52. The van der Waals surface area contributed by atoms with Gasteiger partial charge in [-0.1, -0.05) is 58.4 Å². The summed E-state index contributed by atoms with van der Waals surface area (Å²) in [6.07, 6.45) is 1.83. The summed E-state index contributed by atoms with van der Waals surface area (Å²) in [5, 5.41) is 0. The lowest BCUT2D eigenvalue weighted by Gasteiger charge is -2.39. The number of fused-ring (bicyclic) bond motifs is 2. The molecule has 1 fully saturated rings. The van der Waals surface area contributed by atoms with E-state index in [0.29, 0.717) is 13.1 Å². The third-order valence-electron chi connectivity index (χ3n) is 6.07. The summed E-state index contributed by atoms with van der Waals surface area (Å²) in [4.78, 5) is 14.5. The van der Waals surface area contributed by atoms with Crippen molar-refractivity contribution in [2.45, 2.75) is 37.3 Å². The van der Waals surface area contributed by atoms with Crippen LogP contribution >= 0.6 is 15.9 Å². The summed E-state index contributed by atoms with van der Waals surface area (Å²) in [5.41, 5.74) is 1.96. The number of amides is 1. The molecule has 2 aliphatic rings. The molecule has 0 atom stereocenters. The highest BCUT2D eigenvalue weighted by molar-refractivity contribution is 9.10. The molecule has 0 radical (unpaired) electrons. The maximum atomic E-state index is 13.1. The molecule has 152 valence electrons. The minimum Gasteiger partial charge on any atom is -0.343 e. The van der Waals surface area contributed by atoms with Gasteiger partial charge in [0.05, 0.1) is 5.56 Å². The van der Waals surface area contributed by atoms with Crippen LogP contribution in [0, 0.1) is 0 Å². The molecular weight excluding hydrogens is 443 g/mol. The fraction of sp³-hybridized carbons (Fsp3) is 0.348. The second kappa shape index (κ2) is 7.63. The molecule has 0 aromatic heterocycles. The number of rotatable bonds is 3. The monoisotopic (exact) mass is 463 g/mol. The Kier molecular flexibility index (Phi) is 5.32. The van der Waals surface area contributed by atoms with E-state index in [2.05, 4.69) is 34.1 Å². The van der Waals surface area contributed by atoms with Gasteiger partial charge in [0.2, 0.25) is 5.91 Å². The zero-order chi connectivity index (χ0) is 20.6. The van der Waals surface area contributed by atoms with E-state index in [-0.39, 0.29) is 29.7 Å². The van der Waals surface area contributed by atoms with Gasteiger partial charge in [-0.2, -0.15) is 13.2 Å². The van der Waals surface area contributed by atoms with E-state index < -0.39 is 11.7 Å². The van der Waals surface area contributed by atoms with E-state index in [4.69, 9.17) is 0 Å². The predicted octanol–water partition coefficient (Wildman–Crippen LogP) is 5.99. The summed E-state index contributed by atoms with van der Waals surface area (Å²) >= 11 is 3.66. The molecule has 1 aliphatic heterocycles. The Hall–Kier alpha value is -2.08. The summed E-state index contributed by atoms with van der Waals surface area (Å²) in [5.74, 6) is -0.0776. The zero-order valence-corrected chi connectivity index (χ0v) is 17.4. The van der Waals surface area contributed by atoms with Crippen LogP contribution in [0.4, 0.5) is 13.2 Å². The lowest BCUT2D eigenvalue weighted by molar-refractivity contribution is -0.139. The molecule has 1 saturated heterocycles. The standard InChI is InChI=1S/C23H21BrF3NO/c24-19-7-3-5-17-10-11-22(21(17)19)12-14-28(15-13-22)20(29)9-8-16-4-1-2-6-18(16)23(25,26)27/h1-7,10-11H,8-9,12-15H2. The van der Waals surface area contributed by atoms with Gasteiger partial charge in [-0.25, -0.2) is 0 Å². The van der Waals surface area contributed by atoms with E-state index in [1.54, 1.807) is 11.0 Å². The number of aryl methyl sites for hydroxylation is 1. The molecule has 0 unspecified atom stereocenters. The second-order valence-corrected chi connectivity index (χ2v) is 8.58. The molecule has 0 N–H and O–H groups in total. The van der Waals surface area contributed by atoms with Crippen molar-refractivity contribution in [2.24, 2.45) is 0 Å². The number of carbonyl (C=O) groups excluding carboxylic acids is 1. The van der Waals surface area contributed by atoms with Crippen molar-refractivity contribution in [1.82, 2.24) is 4.90 Å². The molecule has 1 heterocycles. The van der Waals surface area contributed by atoms with Crippen molar-refractivity contribution >= 4 is 27.9 Å². The lowest BCUT2D eigenvalue weighted by atomic mass is 9.74. The van der Waals surface area contributed by atoms with E-state index in [9.17, 15) is 18.0 Å². The number of allylic oxidation sites excluding steroid dienone is 1. The van der Waals surface area contributed by atoms with Crippen molar-refractivity contribution in [3.05, 3.63) is 75.3 Å². The molecule has 2 aromatic rings. The molecule has 1 amide bonds. The SMILES string of the molecule is O=C(CCc1ccccc1C(F)(F)F)N1CCC2(C=Cc3cccc(Br)c32)CC1. The van der Waals surface area contributed by atoms with Crippen molar-refractivity contribution in [2.75, 3.05) is 13.1 Å². The topological polar surface area (TPSA) is 20.3 Å². The average molecular weight is 464 g/mol. The van der Waals surface area contributed by atoms with Gasteiger partial charge in [0.15, 0.2) is 0 Å². The number of carbonyl (C=O) groups is 1. The Labute approximate surface area is 176 Å². The molecule has 0 saturated carbocycles. The van der Waals surface area contributed by atoms with Gasteiger partial charge in [-0.15, -0.1) is 0 Å². The lowest BCUT2D eigenvalue weighted by Crippen LogP contribution is -2.44. The van der Waals surface area contributed by atoms with Gasteiger partial charge in [0.25, 0.3) is 0 Å². The number of halogens is 4. The Balaban J connectivity index is 1.40. The number of nitrogens with zero attached hydrogens (tertiary/aromatic N) is 1.